The Morgan fingerprint density at radius 3 is 2.17 bits per heavy atom. The lowest BCUT2D eigenvalue weighted by Gasteiger charge is -2.16. The Bertz CT molecular complexity index is 937. The Morgan fingerprint density at radius 2 is 1.62 bits per heavy atom. The fourth-order valence-corrected chi connectivity index (χ4v) is 3.10. The van der Waals surface area contributed by atoms with Crippen LogP contribution in [0.2, 0.25) is 0 Å². The van der Waals surface area contributed by atoms with Crippen LogP contribution in [0.4, 0.5) is 0 Å². The summed E-state index contributed by atoms with van der Waals surface area (Å²) in [7, 11) is 0. The van der Waals surface area contributed by atoms with Crippen molar-refractivity contribution >= 4 is 5.91 Å². The number of nitrogens with zero attached hydrogens (tertiary/aromatic N) is 1. The molecule has 29 heavy (non-hydrogen) atoms. The zero-order chi connectivity index (χ0) is 21.0. The van der Waals surface area contributed by atoms with Gasteiger partial charge in [0.2, 0.25) is 0 Å². The first kappa shape index (κ1) is 20.6. The van der Waals surface area contributed by atoms with Crippen LogP contribution in [0, 0.1) is 13.8 Å². The molecule has 0 bridgehead atoms. The van der Waals surface area contributed by atoms with Crippen LogP contribution in [-0.2, 0) is 6.61 Å². The maximum Gasteiger partial charge on any atom is 0.251 e. The molecule has 0 spiro atoms. The molecule has 1 amide bonds. The van der Waals surface area contributed by atoms with Crippen molar-refractivity contribution in [1.82, 2.24) is 10.5 Å². The Morgan fingerprint density at radius 1 is 1.00 bits per heavy atom. The summed E-state index contributed by atoms with van der Waals surface area (Å²) in [5.41, 5.74) is 4.75. The highest BCUT2D eigenvalue weighted by Gasteiger charge is 2.13. The normalized spacial score (nSPS) is 12.1. The molecular formula is C24H28N2O3. The molecule has 3 aromatic rings. The van der Waals surface area contributed by atoms with Crippen LogP contribution in [-0.4, -0.2) is 11.1 Å². The lowest BCUT2D eigenvalue weighted by molar-refractivity contribution is 0.0940. The van der Waals surface area contributed by atoms with Crippen molar-refractivity contribution in [2.24, 2.45) is 0 Å². The molecule has 1 atom stereocenters. The summed E-state index contributed by atoms with van der Waals surface area (Å²) >= 11 is 0. The SMILES string of the molecule is Cc1noc(C)c1COc1ccc(C(=O)NC(C)c2ccc(C(C)C)cc2)cc1. The maximum absolute atomic E-state index is 12.6. The fraction of sp³-hybridized carbons (Fsp3) is 0.333. The number of hydrogen-bond acceptors (Lipinski definition) is 4. The van der Waals surface area contributed by atoms with E-state index in [-0.39, 0.29) is 11.9 Å². The fourth-order valence-electron chi connectivity index (χ4n) is 3.10. The third-order valence-corrected chi connectivity index (χ3v) is 5.13. The molecule has 1 N–H and O–H groups in total. The third kappa shape index (κ3) is 5.05. The van der Waals surface area contributed by atoms with Gasteiger partial charge in [-0.1, -0.05) is 43.3 Å². The van der Waals surface area contributed by atoms with Gasteiger partial charge in [-0.15, -0.1) is 0 Å². The molecule has 0 aliphatic heterocycles. The first-order chi connectivity index (χ1) is 13.8. The zero-order valence-corrected chi connectivity index (χ0v) is 17.7. The summed E-state index contributed by atoms with van der Waals surface area (Å²) in [5.74, 6) is 1.84. The number of hydrogen-bond donors (Lipinski definition) is 1. The van der Waals surface area contributed by atoms with Gasteiger partial charge in [-0.25, -0.2) is 0 Å². The Balaban J connectivity index is 1.58. The van der Waals surface area contributed by atoms with Crippen LogP contribution >= 0.6 is 0 Å². The van der Waals surface area contributed by atoms with E-state index in [1.807, 2.05) is 20.8 Å². The smallest absolute Gasteiger partial charge is 0.251 e. The lowest BCUT2D eigenvalue weighted by atomic mass is 9.99. The second-order valence-corrected chi connectivity index (χ2v) is 7.63. The molecular weight excluding hydrogens is 364 g/mol. The van der Waals surface area contributed by atoms with Crippen LogP contribution in [0.15, 0.2) is 53.1 Å². The van der Waals surface area contributed by atoms with Gasteiger partial charge in [0, 0.05) is 5.56 Å². The summed E-state index contributed by atoms with van der Waals surface area (Å²) in [6, 6.07) is 15.5. The molecule has 0 saturated carbocycles. The molecule has 1 heterocycles. The van der Waals surface area contributed by atoms with E-state index in [1.165, 1.54) is 5.56 Å². The molecule has 1 aromatic heterocycles. The minimum Gasteiger partial charge on any atom is -0.489 e. The van der Waals surface area contributed by atoms with E-state index in [9.17, 15) is 4.79 Å². The van der Waals surface area contributed by atoms with Gasteiger partial charge in [-0.2, -0.15) is 0 Å². The molecule has 2 aromatic carbocycles. The van der Waals surface area contributed by atoms with E-state index in [2.05, 4.69) is 48.6 Å². The number of aromatic nitrogens is 1. The van der Waals surface area contributed by atoms with E-state index in [1.54, 1.807) is 24.3 Å². The van der Waals surface area contributed by atoms with Crippen molar-refractivity contribution in [3.05, 3.63) is 82.2 Å². The topological polar surface area (TPSA) is 64.4 Å². The van der Waals surface area contributed by atoms with Crippen LogP contribution in [0.5, 0.6) is 5.75 Å². The minimum absolute atomic E-state index is 0.0702. The monoisotopic (exact) mass is 392 g/mol. The average Bonchev–Trinajstić information content (AvgIpc) is 3.04. The van der Waals surface area contributed by atoms with Gasteiger partial charge in [0.15, 0.2) is 0 Å². The third-order valence-electron chi connectivity index (χ3n) is 5.13. The van der Waals surface area contributed by atoms with E-state index in [0.29, 0.717) is 23.8 Å². The number of carbonyl (C=O) groups excluding carboxylic acids is 1. The molecule has 0 saturated heterocycles. The molecule has 0 aliphatic rings. The van der Waals surface area contributed by atoms with Gasteiger partial charge in [-0.3, -0.25) is 4.79 Å². The van der Waals surface area contributed by atoms with Crippen molar-refractivity contribution in [3.8, 4) is 5.75 Å². The van der Waals surface area contributed by atoms with E-state index in [4.69, 9.17) is 9.26 Å². The number of ether oxygens (including phenoxy) is 1. The molecule has 1 unspecified atom stereocenters. The molecule has 152 valence electrons. The number of benzene rings is 2. The largest absolute Gasteiger partial charge is 0.489 e. The van der Waals surface area contributed by atoms with Crippen LogP contribution in [0.25, 0.3) is 0 Å². The van der Waals surface area contributed by atoms with Crippen LogP contribution in [0.3, 0.4) is 0 Å². The predicted octanol–water partition coefficient (Wildman–Crippen LogP) is 5.48. The Kier molecular flexibility index (Phi) is 6.37. The summed E-state index contributed by atoms with van der Waals surface area (Å²) in [5, 5.41) is 6.97. The highest BCUT2D eigenvalue weighted by molar-refractivity contribution is 5.94. The number of carbonyl (C=O) groups is 1. The summed E-state index contributed by atoms with van der Waals surface area (Å²) in [6.07, 6.45) is 0. The first-order valence-corrected chi connectivity index (χ1v) is 9.90. The predicted molar refractivity (Wildman–Crippen MR) is 113 cm³/mol. The van der Waals surface area contributed by atoms with Crippen molar-refractivity contribution in [2.75, 3.05) is 0 Å². The van der Waals surface area contributed by atoms with Crippen LogP contribution in [0.1, 0.15) is 71.2 Å². The lowest BCUT2D eigenvalue weighted by Crippen LogP contribution is -2.26. The first-order valence-electron chi connectivity index (χ1n) is 9.90. The highest BCUT2D eigenvalue weighted by atomic mass is 16.5. The second-order valence-electron chi connectivity index (χ2n) is 7.63. The quantitative estimate of drug-likeness (QED) is 0.578. The van der Waals surface area contributed by atoms with Gasteiger partial charge >= 0.3 is 0 Å². The Hall–Kier alpha value is -3.08. The molecule has 5 nitrogen and oxygen atoms in total. The minimum atomic E-state index is -0.109. The standard InChI is InChI=1S/C24H28N2O3/c1-15(2)19-6-8-20(9-7-19)16(3)25-24(27)21-10-12-22(13-11-21)28-14-23-17(4)26-29-18(23)5/h6-13,15-16H,14H2,1-5H3,(H,25,27). The molecule has 5 heteroatoms. The molecule has 0 fully saturated rings. The van der Waals surface area contributed by atoms with E-state index in [0.717, 1.165) is 22.6 Å². The van der Waals surface area contributed by atoms with Crippen molar-refractivity contribution in [1.29, 1.82) is 0 Å². The summed E-state index contributed by atoms with van der Waals surface area (Å²) in [6.45, 7) is 10.5. The summed E-state index contributed by atoms with van der Waals surface area (Å²) in [4.78, 5) is 12.6. The number of aryl methyl sites for hydroxylation is 2. The second kappa shape index (κ2) is 8.95. The van der Waals surface area contributed by atoms with Gasteiger partial charge in [0.05, 0.1) is 17.3 Å². The summed E-state index contributed by atoms with van der Waals surface area (Å²) < 4.78 is 10.9. The average molecular weight is 392 g/mol. The molecule has 0 radical (unpaired) electrons. The van der Waals surface area contributed by atoms with Gasteiger partial charge < -0.3 is 14.6 Å². The van der Waals surface area contributed by atoms with Crippen molar-refractivity contribution in [2.45, 2.75) is 53.2 Å². The van der Waals surface area contributed by atoms with E-state index < -0.39 is 0 Å². The van der Waals surface area contributed by atoms with Gasteiger partial charge in [0.25, 0.3) is 5.91 Å². The zero-order valence-electron chi connectivity index (χ0n) is 17.7. The van der Waals surface area contributed by atoms with Gasteiger partial charge in [-0.05, 0) is 62.1 Å². The van der Waals surface area contributed by atoms with E-state index >= 15 is 0 Å². The maximum atomic E-state index is 12.6. The Labute approximate surface area is 172 Å². The van der Waals surface area contributed by atoms with Crippen molar-refractivity contribution in [3.63, 3.8) is 0 Å². The van der Waals surface area contributed by atoms with Crippen molar-refractivity contribution < 1.29 is 14.1 Å². The molecule has 0 aliphatic carbocycles. The number of nitrogens with one attached hydrogen (secondary N) is 1. The molecule has 3 rings (SSSR count). The highest BCUT2D eigenvalue weighted by Crippen LogP contribution is 2.20. The number of amides is 1. The van der Waals surface area contributed by atoms with Crippen LogP contribution < -0.4 is 10.1 Å². The van der Waals surface area contributed by atoms with Gasteiger partial charge in [0.1, 0.15) is 18.1 Å². The number of rotatable bonds is 7.